The summed E-state index contributed by atoms with van der Waals surface area (Å²) < 4.78 is 0. The zero-order valence-corrected chi connectivity index (χ0v) is 13.0. The van der Waals surface area contributed by atoms with Gasteiger partial charge in [0, 0.05) is 12.2 Å². The molecule has 0 aromatic heterocycles. The van der Waals surface area contributed by atoms with E-state index in [0.717, 1.165) is 0 Å². The highest BCUT2D eigenvalue weighted by Gasteiger charge is 1.99. The van der Waals surface area contributed by atoms with Gasteiger partial charge in [0.2, 0.25) is 5.96 Å². The molecular weight excluding hydrogens is 349 g/mol. The Bertz CT molecular complexity index is 653. The molecule has 0 radical (unpaired) electrons. The van der Waals surface area contributed by atoms with Gasteiger partial charge in [-0.3, -0.25) is 0 Å². The van der Waals surface area contributed by atoms with Gasteiger partial charge in [-0.2, -0.15) is 4.99 Å². The minimum Gasteiger partial charge on any atom is -0.478 e. The van der Waals surface area contributed by atoms with Crippen LogP contribution >= 0.6 is 23.2 Å². The lowest BCUT2D eigenvalue weighted by Crippen LogP contribution is -2.26. The number of hydrogen-bond donors (Lipinski definition) is 5. The van der Waals surface area contributed by atoms with Gasteiger partial charge in [0.05, 0.1) is 15.7 Å². The number of guanidine groups is 2. The summed E-state index contributed by atoms with van der Waals surface area (Å²) in [7, 11) is 0. The van der Waals surface area contributed by atoms with Crippen LogP contribution in [0.4, 0.5) is 5.69 Å². The van der Waals surface area contributed by atoms with Crippen molar-refractivity contribution in [2.24, 2.45) is 27.2 Å². The van der Waals surface area contributed by atoms with Crippen molar-refractivity contribution in [3.63, 3.8) is 0 Å². The van der Waals surface area contributed by atoms with Crippen molar-refractivity contribution in [1.82, 2.24) is 0 Å². The van der Waals surface area contributed by atoms with Crippen LogP contribution in [0.3, 0.4) is 0 Å². The highest BCUT2D eigenvalue weighted by atomic mass is 35.5. The summed E-state index contributed by atoms with van der Waals surface area (Å²) in [6.07, 6.45) is 1.12. The number of rotatable bonds is 3. The lowest BCUT2D eigenvalue weighted by Gasteiger charge is -1.98. The number of benzene rings is 1. The third-order valence-electron chi connectivity index (χ3n) is 1.76. The first-order valence-electron chi connectivity index (χ1n) is 5.64. The normalized spacial score (nSPS) is 10.6. The van der Waals surface area contributed by atoms with Gasteiger partial charge in [0.15, 0.2) is 5.96 Å². The van der Waals surface area contributed by atoms with E-state index in [-0.39, 0.29) is 11.9 Å². The van der Waals surface area contributed by atoms with Gasteiger partial charge in [-0.15, -0.1) is 0 Å². The van der Waals surface area contributed by atoms with E-state index in [4.69, 9.17) is 50.6 Å². The molecule has 23 heavy (non-hydrogen) atoms. The molecule has 0 spiro atoms. The van der Waals surface area contributed by atoms with Gasteiger partial charge in [-0.25, -0.2) is 14.6 Å². The van der Waals surface area contributed by atoms with E-state index in [1.54, 1.807) is 18.2 Å². The first kappa shape index (κ1) is 20.2. The Kier molecular flexibility index (Phi) is 8.82. The molecule has 0 aliphatic carbocycles. The van der Waals surface area contributed by atoms with Gasteiger partial charge in [0.25, 0.3) is 0 Å². The molecule has 0 unspecified atom stereocenters. The highest BCUT2D eigenvalue weighted by Crippen LogP contribution is 2.26. The van der Waals surface area contributed by atoms with Crippen LogP contribution in [0, 0.1) is 0 Å². The van der Waals surface area contributed by atoms with Crippen LogP contribution in [-0.2, 0) is 9.59 Å². The number of halogens is 2. The number of nitrogens with two attached hydrogens (primary N) is 3. The van der Waals surface area contributed by atoms with Crippen LogP contribution in [0.2, 0.25) is 10.0 Å². The lowest BCUT2D eigenvalue weighted by molar-refractivity contribution is -0.134. The second kappa shape index (κ2) is 10.0. The van der Waals surface area contributed by atoms with Crippen molar-refractivity contribution in [2.75, 3.05) is 0 Å². The monoisotopic (exact) mass is 361 g/mol. The number of carbonyl (C=O) groups is 2. The van der Waals surface area contributed by atoms with Crippen LogP contribution < -0.4 is 17.2 Å². The molecule has 0 amide bonds. The average Bonchev–Trinajstić information content (AvgIpc) is 2.40. The molecule has 0 saturated heterocycles. The fraction of sp³-hybridized carbons (Fsp3) is 0. The Balaban J connectivity index is 0.000000515. The number of aliphatic carboxylic acids is 2. The Morgan fingerprint density at radius 1 is 1.00 bits per heavy atom. The van der Waals surface area contributed by atoms with Gasteiger partial charge >= 0.3 is 11.9 Å². The minimum absolute atomic E-state index is 0.0478. The summed E-state index contributed by atoms with van der Waals surface area (Å²) in [5.41, 5.74) is 16.2. The maximum absolute atomic E-state index is 9.55. The number of hydrogen-bond acceptors (Lipinski definition) is 3. The number of aliphatic imine (C=N–C) groups is 2. The molecule has 0 atom stereocenters. The summed E-state index contributed by atoms with van der Waals surface area (Å²) in [5.74, 6) is -2.72. The van der Waals surface area contributed by atoms with Crippen LogP contribution in [0.5, 0.6) is 0 Å². The largest absolute Gasteiger partial charge is 0.478 e. The van der Waals surface area contributed by atoms with Crippen molar-refractivity contribution >= 4 is 52.7 Å². The maximum Gasteiger partial charge on any atom is 0.328 e. The second-order valence-electron chi connectivity index (χ2n) is 3.61. The molecule has 1 rings (SSSR count). The smallest absolute Gasteiger partial charge is 0.328 e. The van der Waals surface area contributed by atoms with Crippen molar-refractivity contribution < 1.29 is 19.8 Å². The second-order valence-corrected chi connectivity index (χ2v) is 4.43. The summed E-state index contributed by atoms with van der Waals surface area (Å²) in [6.45, 7) is 0. The molecule has 0 aliphatic heterocycles. The number of carboxylic acid groups (broad SMARTS) is 2. The summed E-state index contributed by atoms with van der Waals surface area (Å²) in [4.78, 5) is 26.6. The number of carboxylic acids is 2. The molecule has 0 fully saturated rings. The first-order chi connectivity index (χ1) is 10.6. The molecule has 1 aromatic rings. The molecule has 0 heterocycles. The zero-order chi connectivity index (χ0) is 18.0. The third kappa shape index (κ3) is 10.6. The molecule has 8 N–H and O–H groups in total. The Morgan fingerprint density at radius 2 is 1.52 bits per heavy atom. The van der Waals surface area contributed by atoms with Gasteiger partial charge in [0.1, 0.15) is 0 Å². The van der Waals surface area contributed by atoms with E-state index in [2.05, 4.69) is 9.98 Å². The topological polar surface area (TPSA) is 177 Å². The summed E-state index contributed by atoms with van der Waals surface area (Å²) in [5, 5.41) is 16.4. The average molecular weight is 362 g/mol. The predicted molar refractivity (Wildman–Crippen MR) is 88.0 cm³/mol. The number of nitrogens with zero attached hydrogens (tertiary/aromatic N) is 2. The van der Waals surface area contributed by atoms with Crippen molar-refractivity contribution in [2.45, 2.75) is 0 Å². The van der Waals surface area contributed by atoms with Crippen molar-refractivity contribution in [3.05, 3.63) is 40.4 Å². The third-order valence-corrected chi connectivity index (χ3v) is 2.50. The van der Waals surface area contributed by atoms with Crippen LogP contribution in [0.1, 0.15) is 0 Å². The van der Waals surface area contributed by atoms with Gasteiger partial charge in [-0.1, -0.05) is 23.2 Å². The van der Waals surface area contributed by atoms with Crippen molar-refractivity contribution in [1.29, 1.82) is 0 Å². The molecule has 9 nitrogen and oxygen atoms in total. The zero-order valence-electron chi connectivity index (χ0n) is 11.5. The standard InChI is InChI=1S/C8H9Cl2N5.C4H4O4/c9-5-2-1-4(3-6(5)10)14-8(13)15-7(11)12;5-3(6)1-2-4(7)8/h1-3H,(H6,11,12,13,14,15);1-2H,(H,5,6)(H,7,8)/b;2-1-. The van der Waals surface area contributed by atoms with E-state index in [1.165, 1.54) is 0 Å². The molecular formula is C12H13Cl2N5O4. The molecule has 124 valence electrons. The maximum atomic E-state index is 9.55. The van der Waals surface area contributed by atoms with E-state index in [9.17, 15) is 9.59 Å². The van der Waals surface area contributed by atoms with Gasteiger partial charge in [-0.05, 0) is 18.2 Å². The predicted octanol–water partition coefficient (Wildman–Crippen LogP) is 0.925. The summed E-state index contributed by atoms with van der Waals surface area (Å²) >= 11 is 11.5. The Hall–Kier alpha value is -2.78. The van der Waals surface area contributed by atoms with Crippen LogP contribution in [-0.4, -0.2) is 34.1 Å². The minimum atomic E-state index is -1.26. The molecule has 0 aliphatic rings. The van der Waals surface area contributed by atoms with E-state index >= 15 is 0 Å². The van der Waals surface area contributed by atoms with Crippen LogP contribution in [0.25, 0.3) is 0 Å². The molecule has 11 heteroatoms. The Labute approximate surface area is 140 Å². The fourth-order valence-electron chi connectivity index (χ4n) is 0.987. The van der Waals surface area contributed by atoms with Crippen molar-refractivity contribution in [3.8, 4) is 0 Å². The van der Waals surface area contributed by atoms with E-state index in [1.807, 2.05) is 0 Å². The molecule has 1 aromatic carbocycles. The lowest BCUT2D eigenvalue weighted by atomic mass is 10.3. The molecule has 0 saturated carbocycles. The highest BCUT2D eigenvalue weighted by molar-refractivity contribution is 6.42. The SMILES string of the molecule is NC(N)=NC(N)=Nc1ccc(Cl)c(Cl)c1.O=C(O)/C=C\C(=O)O. The fourth-order valence-corrected chi connectivity index (χ4v) is 1.28. The van der Waals surface area contributed by atoms with E-state index < -0.39 is 11.9 Å². The van der Waals surface area contributed by atoms with Crippen LogP contribution in [0.15, 0.2) is 40.3 Å². The molecule has 0 bridgehead atoms. The van der Waals surface area contributed by atoms with Gasteiger partial charge < -0.3 is 27.4 Å². The Morgan fingerprint density at radius 3 is 1.91 bits per heavy atom. The first-order valence-corrected chi connectivity index (χ1v) is 6.40. The quantitative estimate of drug-likeness (QED) is 0.301. The van der Waals surface area contributed by atoms with E-state index in [0.29, 0.717) is 27.9 Å². The summed E-state index contributed by atoms with van der Waals surface area (Å²) in [6, 6.07) is 4.80.